The van der Waals surface area contributed by atoms with Gasteiger partial charge in [0.25, 0.3) is 5.91 Å². The Hall–Kier alpha value is -1.94. The van der Waals surface area contributed by atoms with Crippen LogP contribution in [0.3, 0.4) is 0 Å². The number of aldehydes is 1. The maximum Gasteiger partial charge on any atom is 0.267 e. The predicted molar refractivity (Wildman–Crippen MR) is 50.8 cm³/mol. The van der Waals surface area contributed by atoms with Gasteiger partial charge in [-0.25, -0.2) is 5.48 Å². The van der Waals surface area contributed by atoms with Gasteiger partial charge in [0.1, 0.15) is 6.29 Å². The van der Waals surface area contributed by atoms with Crippen LogP contribution in [-0.2, 0) is 4.79 Å². The van der Waals surface area contributed by atoms with Gasteiger partial charge in [0, 0.05) is 11.6 Å². The molecule has 1 aromatic rings. The lowest BCUT2D eigenvalue weighted by Crippen LogP contribution is -2.14. The van der Waals surface area contributed by atoms with Crippen molar-refractivity contribution in [1.82, 2.24) is 5.48 Å². The molecule has 0 saturated carbocycles. The summed E-state index contributed by atoms with van der Waals surface area (Å²) < 4.78 is 0. The summed E-state index contributed by atoms with van der Waals surface area (Å²) in [4.78, 5) is 20.9. The number of hydroxylamine groups is 1. The van der Waals surface area contributed by atoms with E-state index in [0.717, 1.165) is 11.8 Å². The number of rotatable bonds is 3. The normalized spacial score (nSPS) is 10.1. The molecule has 72 valence electrons. The molecule has 0 bridgehead atoms. The molecular weight excluding hydrogens is 182 g/mol. The Kier molecular flexibility index (Phi) is 3.58. The highest BCUT2D eigenvalue weighted by Crippen LogP contribution is 2.04. The van der Waals surface area contributed by atoms with E-state index in [1.807, 2.05) is 0 Å². The highest BCUT2D eigenvalue weighted by atomic mass is 16.5. The lowest BCUT2D eigenvalue weighted by molar-refractivity contribution is -0.124. The zero-order chi connectivity index (χ0) is 10.4. The van der Waals surface area contributed by atoms with Crippen LogP contribution in [0.4, 0.5) is 0 Å². The third-order valence-corrected chi connectivity index (χ3v) is 1.61. The molecule has 0 spiro atoms. The molecule has 0 aliphatic carbocycles. The third kappa shape index (κ3) is 2.84. The highest BCUT2D eigenvalue weighted by molar-refractivity contribution is 5.90. The van der Waals surface area contributed by atoms with E-state index >= 15 is 0 Å². The molecule has 1 rings (SSSR count). The van der Waals surface area contributed by atoms with Gasteiger partial charge < -0.3 is 0 Å². The van der Waals surface area contributed by atoms with Crippen molar-refractivity contribution in [3.05, 3.63) is 41.5 Å². The highest BCUT2D eigenvalue weighted by Gasteiger charge is 1.92. The largest absolute Gasteiger partial charge is 0.298 e. The third-order valence-electron chi connectivity index (χ3n) is 1.61. The zero-order valence-corrected chi connectivity index (χ0v) is 7.31. The summed E-state index contributed by atoms with van der Waals surface area (Å²) in [6.45, 7) is 0. The van der Waals surface area contributed by atoms with Crippen LogP contribution in [0, 0.1) is 0 Å². The van der Waals surface area contributed by atoms with Crippen LogP contribution in [-0.4, -0.2) is 17.4 Å². The molecule has 0 atom stereocenters. The van der Waals surface area contributed by atoms with Crippen molar-refractivity contribution in [2.75, 3.05) is 0 Å². The number of carbonyl (C=O) groups excluding carboxylic acids is 2. The Bertz CT molecular complexity index is 354. The number of hydrogen-bond acceptors (Lipinski definition) is 3. The molecule has 0 fully saturated rings. The van der Waals surface area contributed by atoms with Gasteiger partial charge in [-0.3, -0.25) is 14.8 Å². The van der Waals surface area contributed by atoms with Gasteiger partial charge in [-0.05, 0) is 11.6 Å². The lowest BCUT2D eigenvalue weighted by atomic mass is 10.1. The number of benzene rings is 1. The molecule has 0 unspecified atom stereocenters. The molecule has 4 heteroatoms. The molecule has 0 aromatic heterocycles. The molecule has 14 heavy (non-hydrogen) atoms. The van der Waals surface area contributed by atoms with E-state index in [9.17, 15) is 9.59 Å². The Morgan fingerprint density at radius 3 is 2.29 bits per heavy atom. The van der Waals surface area contributed by atoms with Crippen LogP contribution in [0.1, 0.15) is 15.9 Å². The van der Waals surface area contributed by atoms with Crippen LogP contribution in [0.15, 0.2) is 30.3 Å². The quantitative estimate of drug-likeness (QED) is 0.324. The van der Waals surface area contributed by atoms with Crippen molar-refractivity contribution in [1.29, 1.82) is 0 Å². The first kappa shape index (κ1) is 10.1. The summed E-state index contributed by atoms with van der Waals surface area (Å²) in [5.41, 5.74) is 2.83. The summed E-state index contributed by atoms with van der Waals surface area (Å²) in [6.07, 6.45) is 3.46. The molecule has 0 aliphatic rings. The van der Waals surface area contributed by atoms with E-state index in [4.69, 9.17) is 5.21 Å². The molecule has 1 amide bonds. The minimum Gasteiger partial charge on any atom is -0.298 e. The standard InChI is InChI=1S/C10H9NO3/c12-7-9-3-1-8(2-4-9)5-6-10(13)11-14/h1-7,14H,(H,11,13)/b6-5+. The van der Waals surface area contributed by atoms with Crippen molar-refractivity contribution < 1.29 is 14.8 Å². The van der Waals surface area contributed by atoms with Crippen LogP contribution in [0.2, 0.25) is 0 Å². The van der Waals surface area contributed by atoms with Crippen molar-refractivity contribution in [3.63, 3.8) is 0 Å². The summed E-state index contributed by atoms with van der Waals surface area (Å²) in [6, 6.07) is 6.68. The summed E-state index contributed by atoms with van der Waals surface area (Å²) in [5, 5.41) is 8.20. The van der Waals surface area contributed by atoms with E-state index in [-0.39, 0.29) is 0 Å². The first-order chi connectivity index (χ1) is 6.76. The molecule has 0 saturated heterocycles. The Morgan fingerprint density at radius 2 is 1.79 bits per heavy atom. The first-order valence-corrected chi connectivity index (χ1v) is 3.93. The van der Waals surface area contributed by atoms with E-state index in [1.54, 1.807) is 24.3 Å². The number of nitrogens with one attached hydrogen (secondary N) is 1. The Morgan fingerprint density at radius 1 is 1.21 bits per heavy atom. The van der Waals surface area contributed by atoms with E-state index in [1.165, 1.54) is 17.6 Å². The van der Waals surface area contributed by atoms with Crippen LogP contribution >= 0.6 is 0 Å². The van der Waals surface area contributed by atoms with E-state index in [2.05, 4.69) is 0 Å². The molecule has 1 aromatic carbocycles. The predicted octanol–water partition coefficient (Wildman–Crippen LogP) is 1.02. The molecule has 0 radical (unpaired) electrons. The molecule has 4 nitrogen and oxygen atoms in total. The lowest BCUT2D eigenvalue weighted by Gasteiger charge is -1.93. The smallest absolute Gasteiger partial charge is 0.267 e. The number of carbonyl (C=O) groups is 2. The van der Waals surface area contributed by atoms with Gasteiger partial charge in [-0.15, -0.1) is 0 Å². The minimum absolute atomic E-state index is 0.578. The topological polar surface area (TPSA) is 66.4 Å². The molecule has 0 heterocycles. The maximum absolute atomic E-state index is 10.6. The van der Waals surface area contributed by atoms with Gasteiger partial charge in [0.05, 0.1) is 0 Å². The fraction of sp³-hybridized carbons (Fsp3) is 0. The second kappa shape index (κ2) is 4.94. The summed E-state index contributed by atoms with van der Waals surface area (Å²) in [7, 11) is 0. The fourth-order valence-corrected chi connectivity index (χ4v) is 0.895. The minimum atomic E-state index is -0.593. The van der Waals surface area contributed by atoms with Gasteiger partial charge >= 0.3 is 0 Å². The monoisotopic (exact) mass is 191 g/mol. The van der Waals surface area contributed by atoms with E-state index in [0.29, 0.717) is 5.56 Å². The van der Waals surface area contributed by atoms with Crippen LogP contribution < -0.4 is 5.48 Å². The molecule has 0 aliphatic heterocycles. The maximum atomic E-state index is 10.6. The average Bonchev–Trinajstić information content (AvgIpc) is 2.26. The van der Waals surface area contributed by atoms with Gasteiger partial charge in [0.2, 0.25) is 0 Å². The Labute approximate surface area is 80.8 Å². The summed E-state index contributed by atoms with van der Waals surface area (Å²) >= 11 is 0. The number of amides is 1. The second-order valence-electron chi connectivity index (χ2n) is 2.59. The van der Waals surface area contributed by atoms with Crippen molar-refractivity contribution in [2.24, 2.45) is 0 Å². The molecule has 2 N–H and O–H groups in total. The number of hydrogen-bond donors (Lipinski definition) is 2. The van der Waals surface area contributed by atoms with Crippen LogP contribution in [0.5, 0.6) is 0 Å². The second-order valence-corrected chi connectivity index (χ2v) is 2.59. The fourth-order valence-electron chi connectivity index (χ4n) is 0.895. The zero-order valence-electron chi connectivity index (χ0n) is 7.31. The van der Waals surface area contributed by atoms with Crippen molar-refractivity contribution in [3.8, 4) is 0 Å². The van der Waals surface area contributed by atoms with Crippen LogP contribution in [0.25, 0.3) is 6.08 Å². The van der Waals surface area contributed by atoms with Gasteiger partial charge in [0.15, 0.2) is 0 Å². The van der Waals surface area contributed by atoms with Gasteiger partial charge in [-0.1, -0.05) is 24.3 Å². The van der Waals surface area contributed by atoms with Gasteiger partial charge in [-0.2, -0.15) is 0 Å². The van der Waals surface area contributed by atoms with E-state index < -0.39 is 5.91 Å². The summed E-state index contributed by atoms with van der Waals surface area (Å²) in [5.74, 6) is -0.593. The first-order valence-electron chi connectivity index (χ1n) is 3.93. The SMILES string of the molecule is O=Cc1ccc(/C=C/C(=O)NO)cc1. The molecular formula is C10H9NO3. The average molecular weight is 191 g/mol. The Balaban J connectivity index is 2.73. The van der Waals surface area contributed by atoms with Crippen molar-refractivity contribution >= 4 is 18.3 Å². The van der Waals surface area contributed by atoms with Crippen molar-refractivity contribution in [2.45, 2.75) is 0 Å².